The minimum Gasteiger partial charge on any atom is -0.477 e. The normalized spacial score (nSPS) is 18.8. The van der Waals surface area contributed by atoms with E-state index >= 15 is 0 Å². The van der Waals surface area contributed by atoms with Crippen LogP contribution in [0.4, 0.5) is 5.69 Å². The number of anilines is 1. The van der Waals surface area contributed by atoms with Crippen molar-refractivity contribution < 1.29 is 27.5 Å². The summed E-state index contributed by atoms with van der Waals surface area (Å²) in [5.41, 5.74) is 1.97. The molecule has 0 saturated carbocycles. The van der Waals surface area contributed by atoms with Gasteiger partial charge in [0.05, 0.1) is 31.2 Å². The number of benzene rings is 2. The van der Waals surface area contributed by atoms with Gasteiger partial charge in [-0.25, -0.2) is 8.42 Å². The number of hydrogen-bond acceptors (Lipinski definition) is 6. The quantitative estimate of drug-likeness (QED) is 0.678. The van der Waals surface area contributed by atoms with Crippen LogP contribution >= 0.6 is 0 Å². The van der Waals surface area contributed by atoms with Gasteiger partial charge in [-0.05, 0) is 23.3 Å². The van der Waals surface area contributed by atoms with Gasteiger partial charge in [0.15, 0.2) is 6.10 Å². The second-order valence-electron chi connectivity index (χ2n) is 7.96. The van der Waals surface area contributed by atoms with Gasteiger partial charge in [-0.2, -0.15) is 4.31 Å². The van der Waals surface area contributed by atoms with Crippen molar-refractivity contribution in [2.75, 3.05) is 37.7 Å². The molecule has 0 aromatic heterocycles. The summed E-state index contributed by atoms with van der Waals surface area (Å²) in [6, 6.07) is 14.2. The molecule has 2 aromatic rings. The molecule has 2 amide bonds. The summed E-state index contributed by atoms with van der Waals surface area (Å²) in [5, 5.41) is 2.83. The number of nitrogens with zero attached hydrogens (tertiary/aromatic N) is 2. The number of carbonyl (C=O) groups excluding carboxylic acids is 2. The number of hydrogen-bond donors (Lipinski definition) is 1. The lowest BCUT2D eigenvalue weighted by Gasteiger charge is -2.33. The minimum absolute atomic E-state index is 0.102. The number of fused-ring (bicyclic) bond motifs is 1. The smallest absolute Gasteiger partial charge is 0.263 e. The number of ether oxygens (including phenoxy) is 2. The average Bonchev–Trinajstić information content (AvgIpc) is 2.83. The van der Waals surface area contributed by atoms with E-state index in [2.05, 4.69) is 5.32 Å². The van der Waals surface area contributed by atoms with Crippen LogP contribution < -0.4 is 15.0 Å². The molecule has 9 nitrogen and oxygen atoms in total. The van der Waals surface area contributed by atoms with Gasteiger partial charge >= 0.3 is 0 Å². The first-order valence-corrected chi connectivity index (χ1v) is 12.4. The number of sulfonamides is 1. The van der Waals surface area contributed by atoms with Crippen LogP contribution in [-0.4, -0.2) is 63.5 Å². The Balaban J connectivity index is 1.43. The molecule has 1 saturated heterocycles. The fourth-order valence-corrected chi connectivity index (χ4v) is 5.51. The highest BCUT2D eigenvalue weighted by Gasteiger charge is 2.32. The van der Waals surface area contributed by atoms with Crippen molar-refractivity contribution in [3.63, 3.8) is 0 Å². The van der Waals surface area contributed by atoms with Crippen molar-refractivity contribution in [2.24, 2.45) is 0 Å². The lowest BCUT2D eigenvalue weighted by atomic mass is 10.1. The Morgan fingerprint density at radius 3 is 2.42 bits per heavy atom. The van der Waals surface area contributed by atoms with Crippen LogP contribution in [0.2, 0.25) is 0 Å². The van der Waals surface area contributed by atoms with Crippen molar-refractivity contribution in [1.82, 2.24) is 9.62 Å². The molecule has 1 N–H and O–H groups in total. The van der Waals surface area contributed by atoms with Crippen molar-refractivity contribution in [3.05, 3.63) is 59.7 Å². The molecule has 2 heterocycles. The van der Waals surface area contributed by atoms with E-state index < -0.39 is 16.1 Å². The van der Waals surface area contributed by atoms with Crippen molar-refractivity contribution in [2.45, 2.75) is 25.3 Å². The lowest BCUT2D eigenvalue weighted by Crippen LogP contribution is -2.50. The first-order chi connectivity index (χ1) is 15.8. The summed E-state index contributed by atoms with van der Waals surface area (Å²) in [4.78, 5) is 26.5. The first-order valence-electron chi connectivity index (χ1n) is 10.8. The summed E-state index contributed by atoms with van der Waals surface area (Å²) in [5.74, 6) is -0.232. The highest BCUT2D eigenvalue weighted by Crippen LogP contribution is 2.33. The zero-order valence-electron chi connectivity index (χ0n) is 18.4. The van der Waals surface area contributed by atoms with Crippen molar-refractivity contribution in [1.29, 1.82) is 0 Å². The second kappa shape index (κ2) is 9.90. The summed E-state index contributed by atoms with van der Waals surface area (Å²) in [7, 11) is -3.50. The Kier molecular flexibility index (Phi) is 6.96. The fraction of sp³-hybridized carbons (Fsp3) is 0.391. The molecule has 0 bridgehead atoms. The largest absolute Gasteiger partial charge is 0.477 e. The molecule has 33 heavy (non-hydrogen) atoms. The van der Waals surface area contributed by atoms with E-state index in [1.54, 1.807) is 48.5 Å². The van der Waals surface area contributed by atoms with Gasteiger partial charge in [0.25, 0.3) is 5.91 Å². The average molecular weight is 474 g/mol. The highest BCUT2D eigenvalue weighted by atomic mass is 32.2. The summed E-state index contributed by atoms with van der Waals surface area (Å²) >= 11 is 0. The summed E-state index contributed by atoms with van der Waals surface area (Å²) in [6.45, 7) is 3.16. The predicted octanol–water partition coefficient (Wildman–Crippen LogP) is 1.28. The molecule has 2 aliphatic heterocycles. The van der Waals surface area contributed by atoms with E-state index in [4.69, 9.17) is 9.47 Å². The molecule has 0 spiro atoms. The van der Waals surface area contributed by atoms with Crippen LogP contribution in [0.25, 0.3) is 0 Å². The standard InChI is InChI=1S/C23H27N3O6S/c1-17(27)26-15-22(32-21-9-5-4-8-20(21)26)23(28)24-14-18-6-2-3-7-19(18)16-33(29,30)25-10-12-31-13-11-25/h2-9,22H,10-16H2,1H3,(H,24,28). The van der Waals surface area contributed by atoms with Crippen LogP contribution in [-0.2, 0) is 36.6 Å². The molecule has 0 aliphatic carbocycles. The monoisotopic (exact) mass is 473 g/mol. The molecular weight excluding hydrogens is 446 g/mol. The van der Waals surface area contributed by atoms with E-state index in [9.17, 15) is 18.0 Å². The van der Waals surface area contributed by atoms with Gasteiger partial charge < -0.3 is 19.7 Å². The number of rotatable bonds is 6. The van der Waals surface area contributed by atoms with Crippen LogP contribution in [0.1, 0.15) is 18.1 Å². The molecule has 0 radical (unpaired) electrons. The third kappa shape index (κ3) is 5.35. The number of para-hydroxylation sites is 2. The molecule has 1 unspecified atom stereocenters. The molecule has 2 aromatic carbocycles. The molecule has 4 rings (SSSR count). The molecule has 2 aliphatic rings. The number of morpholine rings is 1. The van der Waals surface area contributed by atoms with Gasteiger partial charge in [-0.1, -0.05) is 36.4 Å². The minimum atomic E-state index is -3.50. The third-order valence-corrected chi connectivity index (χ3v) is 7.55. The summed E-state index contributed by atoms with van der Waals surface area (Å²) < 4.78 is 38.2. The predicted molar refractivity (Wildman–Crippen MR) is 122 cm³/mol. The van der Waals surface area contributed by atoms with E-state index in [-0.39, 0.29) is 30.7 Å². The van der Waals surface area contributed by atoms with Crippen LogP contribution in [0.3, 0.4) is 0 Å². The van der Waals surface area contributed by atoms with Gasteiger partial charge in [-0.15, -0.1) is 0 Å². The lowest BCUT2D eigenvalue weighted by molar-refractivity contribution is -0.128. The maximum Gasteiger partial charge on any atom is 0.263 e. The second-order valence-corrected chi connectivity index (χ2v) is 9.93. The number of nitrogens with one attached hydrogen (secondary N) is 1. The summed E-state index contributed by atoms with van der Waals surface area (Å²) in [6.07, 6.45) is -0.868. The van der Waals surface area contributed by atoms with Gasteiger partial charge in [-0.3, -0.25) is 9.59 Å². The van der Waals surface area contributed by atoms with E-state index in [1.807, 2.05) is 0 Å². The van der Waals surface area contributed by atoms with Crippen LogP contribution in [0.15, 0.2) is 48.5 Å². The topological polar surface area (TPSA) is 105 Å². The fourth-order valence-electron chi connectivity index (χ4n) is 3.95. The Bertz CT molecular complexity index is 1130. The Labute approximate surface area is 193 Å². The molecule has 1 atom stereocenters. The zero-order valence-corrected chi connectivity index (χ0v) is 19.2. The van der Waals surface area contributed by atoms with Crippen molar-refractivity contribution in [3.8, 4) is 5.75 Å². The molecule has 1 fully saturated rings. The van der Waals surface area contributed by atoms with E-state index in [0.29, 0.717) is 48.9 Å². The van der Waals surface area contributed by atoms with Crippen molar-refractivity contribution >= 4 is 27.5 Å². The first kappa shape index (κ1) is 23.2. The molecule has 10 heteroatoms. The van der Waals surface area contributed by atoms with Crippen LogP contribution in [0, 0.1) is 0 Å². The van der Waals surface area contributed by atoms with E-state index in [1.165, 1.54) is 16.1 Å². The number of carbonyl (C=O) groups is 2. The van der Waals surface area contributed by atoms with E-state index in [0.717, 1.165) is 0 Å². The Morgan fingerprint density at radius 2 is 1.70 bits per heavy atom. The Hall–Kier alpha value is -2.95. The highest BCUT2D eigenvalue weighted by molar-refractivity contribution is 7.88. The third-order valence-electron chi connectivity index (χ3n) is 5.72. The van der Waals surface area contributed by atoms with Gasteiger partial charge in [0, 0.05) is 26.6 Å². The SMILES string of the molecule is CC(=O)N1CC(C(=O)NCc2ccccc2CS(=O)(=O)N2CCOCC2)Oc2ccccc21. The van der Waals surface area contributed by atoms with Gasteiger partial charge in [0.1, 0.15) is 5.75 Å². The number of amides is 2. The maximum absolute atomic E-state index is 12.9. The molecule has 176 valence electrons. The maximum atomic E-state index is 12.9. The zero-order chi connectivity index (χ0) is 23.4. The molecular formula is C23H27N3O6S. The van der Waals surface area contributed by atoms with Crippen LogP contribution in [0.5, 0.6) is 5.75 Å². The Morgan fingerprint density at radius 1 is 1.03 bits per heavy atom. The van der Waals surface area contributed by atoms with Gasteiger partial charge in [0.2, 0.25) is 15.9 Å².